The van der Waals surface area contributed by atoms with Crippen LogP contribution in [0.25, 0.3) is 0 Å². The van der Waals surface area contributed by atoms with Crippen LogP contribution in [0, 0.1) is 0 Å². The minimum absolute atomic E-state index is 0.193. The van der Waals surface area contributed by atoms with Crippen molar-refractivity contribution in [3.8, 4) is 5.75 Å². The van der Waals surface area contributed by atoms with E-state index >= 15 is 0 Å². The summed E-state index contributed by atoms with van der Waals surface area (Å²) in [5, 5.41) is 8.87. The number of phenols is 1. The molecule has 1 rings (SSSR count). The van der Waals surface area contributed by atoms with Crippen LogP contribution in [0.3, 0.4) is 0 Å². The monoisotopic (exact) mass is 309 g/mol. The summed E-state index contributed by atoms with van der Waals surface area (Å²) in [5.74, 6) is 0.153. The van der Waals surface area contributed by atoms with Gasteiger partial charge in [-0.3, -0.25) is 4.79 Å². The summed E-state index contributed by atoms with van der Waals surface area (Å²) in [6, 6.07) is 6.39. The van der Waals surface area contributed by atoms with Crippen LogP contribution in [0.5, 0.6) is 5.75 Å². The molecule has 0 aliphatic rings. The first-order chi connectivity index (χ1) is 10.5. The molecule has 1 aromatic carbocycles. The van der Waals surface area contributed by atoms with Crippen LogP contribution < -0.4 is 5.73 Å². The molecule has 4 nitrogen and oxygen atoms in total. The maximum absolute atomic E-state index is 10.4. The molecule has 0 saturated heterocycles. The molecule has 0 radical (unpaired) electrons. The van der Waals surface area contributed by atoms with Crippen LogP contribution in [0.15, 0.2) is 24.3 Å². The number of amides is 1. The third kappa shape index (κ3) is 16.2. The highest BCUT2D eigenvalue weighted by molar-refractivity contribution is 5.76. The molecule has 0 bridgehead atoms. The Bertz CT molecular complexity index is 399. The van der Waals surface area contributed by atoms with Crippen molar-refractivity contribution in [1.82, 2.24) is 0 Å². The third-order valence-corrected chi connectivity index (χ3v) is 2.70. The van der Waals surface area contributed by atoms with Gasteiger partial charge in [-0.25, -0.2) is 0 Å². The van der Waals surface area contributed by atoms with Gasteiger partial charge in [-0.15, -0.1) is 0 Å². The number of carbonyl (C=O) groups is 2. The highest BCUT2D eigenvalue weighted by Crippen LogP contribution is 2.09. The molecule has 0 atom stereocenters. The number of hydrogen-bond acceptors (Lipinski definition) is 3. The molecule has 0 heterocycles. The molecule has 1 amide bonds. The summed E-state index contributed by atoms with van der Waals surface area (Å²) in [5.41, 5.74) is 5.78. The van der Waals surface area contributed by atoms with Gasteiger partial charge in [-0.2, -0.15) is 0 Å². The van der Waals surface area contributed by atoms with Crippen molar-refractivity contribution in [2.24, 2.45) is 5.73 Å². The Labute approximate surface area is 134 Å². The molecule has 0 fully saturated rings. The quantitative estimate of drug-likeness (QED) is 0.747. The van der Waals surface area contributed by atoms with E-state index in [2.05, 4.69) is 6.92 Å². The van der Waals surface area contributed by atoms with Gasteiger partial charge < -0.3 is 15.6 Å². The van der Waals surface area contributed by atoms with Crippen molar-refractivity contribution < 1.29 is 14.7 Å². The molecular formula is C18H31NO3. The normalized spacial score (nSPS) is 8.91. The second-order valence-electron chi connectivity index (χ2n) is 4.82. The highest BCUT2D eigenvalue weighted by atomic mass is 16.3. The lowest BCUT2D eigenvalue weighted by Gasteiger charge is -1.96. The molecule has 0 spiro atoms. The predicted octanol–water partition coefficient (Wildman–Crippen LogP) is 3.99. The number of hydrogen-bond donors (Lipinski definition) is 2. The standard InChI is InChI=1S/C8H9NO2.C8H16O.C2H6/c9-8(11)5-6-1-3-7(10)4-2-6;1-3-4-5-6-7-8(2)9;1-2/h1-4,10H,5H2,(H2,9,11);3-7H2,1-2H3;1-2H3. The lowest BCUT2D eigenvalue weighted by Crippen LogP contribution is -2.13. The van der Waals surface area contributed by atoms with Crippen LogP contribution in [0.2, 0.25) is 0 Å². The molecule has 1 aromatic rings. The number of primary amides is 1. The number of ketones is 1. The fraction of sp³-hybridized carbons (Fsp3) is 0.556. The predicted molar refractivity (Wildman–Crippen MR) is 91.8 cm³/mol. The van der Waals surface area contributed by atoms with E-state index in [4.69, 9.17) is 10.8 Å². The van der Waals surface area contributed by atoms with E-state index in [1.54, 1.807) is 19.1 Å². The van der Waals surface area contributed by atoms with Crippen molar-refractivity contribution in [2.45, 2.75) is 66.2 Å². The molecule has 0 aliphatic heterocycles. The van der Waals surface area contributed by atoms with Crippen molar-refractivity contribution in [3.05, 3.63) is 29.8 Å². The molecular weight excluding hydrogens is 278 g/mol. The Hall–Kier alpha value is -1.84. The Morgan fingerprint density at radius 3 is 2.00 bits per heavy atom. The van der Waals surface area contributed by atoms with E-state index < -0.39 is 0 Å². The zero-order valence-electron chi connectivity index (χ0n) is 14.4. The first-order valence-electron chi connectivity index (χ1n) is 8.01. The number of phenolic OH excluding ortho intramolecular Hbond substituents is 1. The maximum atomic E-state index is 10.4. The summed E-state index contributed by atoms with van der Waals surface area (Å²) in [6.45, 7) is 7.83. The van der Waals surface area contributed by atoms with Crippen LogP contribution in [-0.2, 0) is 16.0 Å². The number of aromatic hydroxyl groups is 1. The van der Waals surface area contributed by atoms with Gasteiger partial charge in [0, 0.05) is 6.42 Å². The molecule has 3 N–H and O–H groups in total. The van der Waals surface area contributed by atoms with Gasteiger partial charge in [-0.05, 0) is 31.0 Å². The van der Waals surface area contributed by atoms with Crippen molar-refractivity contribution in [1.29, 1.82) is 0 Å². The Morgan fingerprint density at radius 2 is 1.59 bits per heavy atom. The van der Waals surface area contributed by atoms with Gasteiger partial charge in [0.05, 0.1) is 6.42 Å². The van der Waals surface area contributed by atoms with Crippen LogP contribution in [-0.4, -0.2) is 16.8 Å². The Morgan fingerprint density at radius 1 is 1.05 bits per heavy atom. The smallest absolute Gasteiger partial charge is 0.221 e. The second-order valence-corrected chi connectivity index (χ2v) is 4.82. The Kier molecular flexibility index (Phi) is 15.9. The number of rotatable bonds is 7. The molecule has 0 aliphatic carbocycles. The SMILES string of the molecule is CC.CCCCCCC(C)=O.NC(=O)Cc1ccc(O)cc1. The molecule has 22 heavy (non-hydrogen) atoms. The first kappa shape index (κ1) is 22.4. The number of Topliss-reactive ketones (excluding diaryl/α,β-unsaturated/α-hetero) is 1. The van der Waals surface area contributed by atoms with E-state index in [0.29, 0.717) is 5.78 Å². The number of carbonyl (C=O) groups excluding carboxylic acids is 2. The average molecular weight is 309 g/mol. The van der Waals surface area contributed by atoms with E-state index in [9.17, 15) is 9.59 Å². The van der Waals surface area contributed by atoms with Gasteiger partial charge in [0.2, 0.25) is 5.91 Å². The average Bonchev–Trinajstić information content (AvgIpc) is 2.48. The number of unbranched alkanes of at least 4 members (excludes halogenated alkanes) is 3. The Balaban J connectivity index is 0. The van der Waals surface area contributed by atoms with Gasteiger partial charge in [-0.1, -0.05) is 52.2 Å². The third-order valence-electron chi connectivity index (χ3n) is 2.70. The second kappa shape index (κ2) is 15.5. The molecule has 126 valence electrons. The van der Waals surface area contributed by atoms with Crippen LogP contribution in [0.1, 0.15) is 65.4 Å². The fourth-order valence-corrected chi connectivity index (χ4v) is 1.62. The maximum Gasteiger partial charge on any atom is 0.221 e. The molecule has 0 saturated carbocycles. The lowest BCUT2D eigenvalue weighted by molar-refractivity contribution is -0.118. The van der Waals surface area contributed by atoms with E-state index in [0.717, 1.165) is 18.4 Å². The summed E-state index contributed by atoms with van der Waals surface area (Å²) in [7, 11) is 0. The molecule has 0 unspecified atom stereocenters. The van der Waals surface area contributed by atoms with Crippen LogP contribution in [0.4, 0.5) is 0 Å². The zero-order chi connectivity index (χ0) is 17.4. The van der Waals surface area contributed by atoms with Gasteiger partial charge in [0.1, 0.15) is 11.5 Å². The fourth-order valence-electron chi connectivity index (χ4n) is 1.62. The number of benzene rings is 1. The topological polar surface area (TPSA) is 80.4 Å². The zero-order valence-corrected chi connectivity index (χ0v) is 14.4. The summed E-state index contributed by atoms with van der Waals surface area (Å²) >= 11 is 0. The lowest BCUT2D eigenvalue weighted by atomic mass is 10.1. The van der Waals surface area contributed by atoms with E-state index in [1.807, 2.05) is 13.8 Å². The first-order valence-corrected chi connectivity index (χ1v) is 8.01. The molecule has 4 heteroatoms. The van der Waals surface area contributed by atoms with E-state index in [-0.39, 0.29) is 18.1 Å². The van der Waals surface area contributed by atoms with E-state index in [1.165, 1.54) is 31.4 Å². The van der Waals surface area contributed by atoms with Gasteiger partial charge in [0.25, 0.3) is 0 Å². The molecule has 0 aromatic heterocycles. The van der Waals surface area contributed by atoms with Crippen molar-refractivity contribution >= 4 is 11.7 Å². The van der Waals surface area contributed by atoms with Gasteiger partial charge >= 0.3 is 0 Å². The largest absolute Gasteiger partial charge is 0.508 e. The summed E-state index contributed by atoms with van der Waals surface area (Å²) in [4.78, 5) is 20.8. The van der Waals surface area contributed by atoms with Crippen molar-refractivity contribution in [2.75, 3.05) is 0 Å². The number of nitrogens with two attached hydrogens (primary N) is 1. The highest BCUT2D eigenvalue weighted by Gasteiger charge is 1.96. The van der Waals surface area contributed by atoms with Crippen LogP contribution >= 0.6 is 0 Å². The summed E-state index contributed by atoms with van der Waals surface area (Å²) in [6.07, 6.45) is 5.82. The summed E-state index contributed by atoms with van der Waals surface area (Å²) < 4.78 is 0. The van der Waals surface area contributed by atoms with Crippen molar-refractivity contribution in [3.63, 3.8) is 0 Å². The minimum Gasteiger partial charge on any atom is -0.508 e. The minimum atomic E-state index is -0.365. The van der Waals surface area contributed by atoms with Gasteiger partial charge in [0.15, 0.2) is 0 Å².